The van der Waals surface area contributed by atoms with Crippen molar-refractivity contribution in [3.8, 4) is 11.1 Å². The van der Waals surface area contributed by atoms with Crippen molar-refractivity contribution in [2.24, 2.45) is 0 Å². The number of amides is 1. The van der Waals surface area contributed by atoms with Gasteiger partial charge in [-0.1, -0.05) is 30.3 Å². The fourth-order valence-electron chi connectivity index (χ4n) is 4.04. The van der Waals surface area contributed by atoms with Crippen molar-refractivity contribution in [2.45, 2.75) is 19.4 Å². The van der Waals surface area contributed by atoms with Crippen LogP contribution in [0, 0.1) is 0 Å². The molecule has 0 saturated carbocycles. The molecular weight excluding hydrogens is 408 g/mol. The molecule has 2 fully saturated rings. The molecule has 0 radical (unpaired) electrons. The summed E-state index contributed by atoms with van der Waals surface area (Å²) in [6, 6.07) is 11.8. The zero-order chi connectivity index (χ0) is 20.4. The molecule has 2 aliphatic rings. The van der Waals surface area contributed by atoms with E-state index in [1.807, 2.05) is 31.2 Å². The lowest BCUT2D eigenvalue weighted by Crippen LogP contribution is -2.40. The number of anilines is 1. The Balaban J connectivity index is 1.68. The Morgan fingerprint density at radius 3 is 2.59 bits per heavy atom. The Kier molecular flexibility index (Phi) is 5.94. The van der Waals surface area contributed by atoms with Crippen molar-refractivity contribution in [3.63, 3.8) is 0 Å². The average Bonchev–Trinajstić information content (AvgIpc) is 3.33. The van der Waals surface area contributed by atoms with E-state index >= 15 is 0 Å². The highest BCUT2D eigenvalue weighted by Crippen LogP contribution is 2.40. The van der Waals surface area contributed by atoms with Crippen LogP contribution in [0.25, 0.3) is 11.1 Å². The Morgan fingerprint density at radius 2 is 1.97 bits per heavy atom. The summed E-state index contributed by atoms with van der Waals surface area (Å²) in [5.41, 5.74) is 2.13. The van der Waals surface area contributed by atoms with Crippen LogP contribution in [0.15, 0.2) is 36.4 Å². The van der Waals surface area contributed by atoms with Gasteiger partial charge in [0.25, 0.3) is 5.91 Å². The van der Waals surface area contributed by atoms with E-state index in [-0.39, 0.29) is 23.5 Å². The summed E-state index contributed by atoms with van der Waals surface area (Å²) < 4.78 is 29.3. The van der Waals surface area contributed by atoms with Crippen molar-refractivity contribution in [3.05, 3.63) is 41.3 Å². The molecule has 0 bridgehead atoms. The lowest BCUT2D eigenvalue weighted by molar-refractivity contribution is 0.0713. The number of hydrogen-bond donors (Lipinski definition) is 0. The van der Waals surface area contributed by atoms with Gasteiger partial charge in [0, 0.05) is 31.2 Å². The summed E-state index contributed by atoms with van der Waals surface area (Å²) in [4.78, 5) is 18.0. The number of carbonyl (C=O) groups excluding carboxylic acids is 1. The highest BCUT2D eigenvalue weighted by Gasteiger charge is 2.35. The van der Waals surface area contributed by atoms with Crippen molar-refractivity contribution in [1.29, 1.82) is 0 Å². The zero-order valence-electron chi connectivity index (χ0n) is 16.5. The molecule has 0 spiro atoms. The first-order valence-electron chi connectivity index (χ1n) is 10.0. The van der Waals surface area contributed by atoms with E-state index in [1.165, 1.54) is 11.3 Å². The van der Waals surface area contributed by atoms with E-state index in [1.54, 1.807) is 4.90 Å². The summed E-state index contributed by atoms with van der Waals surface area (Å²) in [7, 11) is -3.04. The molecule has 4 rings (SSSR count). The maximum absolute atomic E-state index is 13.4. The van der Waals surface area contributed by atoms with Crippen LogP contribution >= 0.6 is 11.3 Å². The molecule has 1 unspecified atom stereocenters. The summed E-state index contributed by atoms with van der Waals surface area (Å²) in [6.07, 6.45) is 0.523. The number of rotatable bonds is 5. The quantitative estimate of drug-likeness (QED) is 0.724. The predicted octanol–water partition coefficient (Wildman–Crippen LogP) is 2.90. The van der Waals surface area contributed by atoms with Gasteiger partial charge in [-0.05, 0) is 25.0 Å². The summed E-state index contributed by atoms with van der Waals surface area (Å²) >= 11 is 1.50. The number of nitrogens with zero attached hydrogens (tertiary/aromatic N) is 2. The van der Waals surface area contributed by atoms with Crippen molar-refractivity contribution in [2.75, 3.05) is 49.3 Å². The Bertz CT molecular complexity index is 966. The van der Waals surface area contributed by atoms with E-state index in [0.717, 1.165) is 29.2 Å². The first kappa shape index (κ1) is 20.4. The second-order valence-corrected chi connectivity index (χ2v) is 10.7. The molecule has 2 aromatic rings. The van der Waals surface area contributed by atoms with Gasteiger partial charge in [-0.2, -0.15) is 0 Å². The Hall–Kier alpha value is -1.90. The third kappa shape index (κ3) is 4.34. The largest absolute Gasteiger partial charge is 0.378 e. The van der Waals surface area contributed by atoms with E-state index < -0.39 is 9.84 Å². The van der Waals surface area contributed by atoms with Gasteiger partial charge in [0.2, 0.25) is 0 Å². The minimum absolute atomic E-state index is 0.0693. The third-order valence-corrected chi connectivity index (χ3v) is 8.49. The summed E-state index contributed by atoms with van der Waals surface area (Å²) in [6.45, 7) is 5.37. The van der Waals surface area contributed by atoms with Crippen LogP contribution in [0.3, 0.4) is 0 Å². The van der Waals surface area contributed by atoms with Crippen LogP contribution in [-0.2, 0) is 14.6 Å². The molecule has 1 amide bonds. The van der Waals surface area contributed by atoms with Gasteiger partial charge >= 0.3 is 0 Å². The number of benzene rings is 1. The average molecular weight is 435 g/mol. The van der Waals surface area contributed by atoms with E-state index in [0.29, 0.717) is 31.1 Å². The van der Waals surface area contributed by atoms with Crippen LogP contribution in [0.5, 0.6) is 0 Å². The van der Waals surface area contributed by atoms with Gasteiger partial charge in [0.05, 0.1) is 34.6 Å². The molecule has 1 aromatic carbocycles. The monoisotopic (exact) mass is 434 g/mol. The number of hydrogen-bond acceptors (Lipinski definition) is 6. The SMILES string of the molecule is CCN(C(=O)c1cc(-c2ccccc2)c(N2CCOCC2)s1)C1CCS(=O)(=O)C1. The van der Waals surface area contributed by atoms with Gasteiger partial charge < -0.3 is 14.5 Å². The number of sulfone groups is 1. The normalized spacial score (nSPS) is 21.3. The molecule has 2 aliphatic heterocycles. The van der Waals surface area contributed by atoms with Crippen molar-refractivity contribution < 1.29 is 17.9 Å². The zero-order valence-corrected chi connectivity index (χ0v) is 18.2. The Labute approximate surface area is 176 Å². The van der Waals surface area contributed by atoms with Crippen LogP contribution in [0.4, 0.5) is 5.00 Å². The minimum atomic E-state index is -3.04. The first-order chi connectivity index (χ1) is 14.0. The molecule has 156 valence electrons. The number of ether oxygens (including phenoxy) is 1. The van der Waals surface area contributed by atoms with Crippen molar-refractivity contribution in [1.82, 2.24) is 4.90 Å². The van der Waals surface area contributed by atoms with Gasteiger partial charge in [0.1, 0.15) is 0 Å². The molecular formula is C21H26N2O4S2. The summed E-state index contributed by atoms with van der Waals surface area (Å²) in [5.74, 6) is 0.163. The van der Waals surface area contributed by atoms with E-state index in [4.69, 9.17) is 4.74 Å². The highest BCUT2D eigenvalue weighted by atomic mass is 32.2. The molecule has 8 heteroatoms. The number of carbonyl (C=O) groups is 1. The van der Waals surface area contributed by atoms with Gasteiger partial charge in [-0.15, -0.1) is 11.3 Å². The third-order valence-electron chi connectivity index (χ3n) is 5.56. The summed E-state index contributed by atoms with van der Waals surface area (Å²) in [5, 5.41) is 1.08. The van der Waals surface area contributed by atoms with E-state index in [2.05, 4.69) is 17.0 Å². The maximum atomic E-state index is 13.4. The molecule has 1 atom stereocenters. The van der Waals surface area contributed by atoms with Crippen LogP contribution in [0.2, 0.25) is 0 Å². The second-order valence-electron chi connectivity index (χ2n) is 7.44. The number of thiophene rings is 1. The molecule has 2 saturated heterocycles. The van der Waals surface area contributed by atoms with Crippen LogP contribution in [0.1, 0.15) is 23.0 Å². The van der Waals surface area contributed by atoms with Gasteiger partial charge in [0.15, 0.2) is 9.84 Å². The van der Waals surface area contributed by atoms with Crippen LogP contribution in [-0.4, -0.2) is 69.6 Å². The standard InChI is InChI=1S/C21H26N2O4S2/c1-2-23(17-8-13-29(25,26)15-17)20(24)19-14-18(16-6-4-3-5-7-16)21(28-19)22-9-11-27-12-10-22/h3-7,14,17H,2,8-13,15H2,1H3. The van der Waals surface area contributed by atoms with Gasteiger partial charge in [-0.3, -0.25) is 4.79 Å². The Morgan fingerprint density at radius 1 is 1.24 bits per heavy atom. The lowest BCUT2D eigenvalue weighted by Gasteiger charge is -2.28. The fraction of sp³-hybridized carbons (Fsp3) is 0.476. The fourth-order valence-corrected chi connectivity index (χ4v) is 6.96. The molecule has 0 N–H and O–H groups in total. The van der Waals surface area contributed by atoms with Crippen molar-refractivity contribution >= 4 is 32.1 Å². The molecule has 29 heavy (non-hydrogen) atoms. The molecule has 3 heterocycles. The number of morpholine rings is 1. The first-order valence-corrected chi connectivity index (χ1v) is 12.7. The predicted molar refractivity (Wildman–Crippen MR) is 117 cm³/mol. The second kappa shape index (κ2) is 8.45. The molecule has 6 nitrogen and oxygen atoms in total. The lowest BCUT2D eigenvalue weighted by atomic mass is 10.1. The van der Waals surface area contributed by atoms with Crippen LogP contribution < -0.4 is 4.90 Å². The topological polar surface area (TPSA) is 66.9 Å². The smallest absolute Gasteiger partial charge is 0.264 e. The van der Waals surface area contributed by atoms with E-state index in [9.17, 15) is 13.2 Å². The minimum Gasteiger partial charge on any atom is -0.378 e. The molecule has 0 aliphatic carbocycles. The maximum Gasteiger partial charge on any atom is 0.264 e. The van der Waals surface area contributed by atoms with Gasteiger partial charge in [-0.25, -0.2) is 8.42 Å². The highest BCUT2D eigenvalue weighted by molar-refractivity contribution is 7.91. The molecule has 1 aromatic heterocycles.